The summed E-state index contributed by atoms with van der Waals surface area (Å²) in [6.45, 7) is 3.83. The van der Waals surface area contributed by atoms with Crippen molar-refractivity contribution in [3.63, 3.8) is 0 Å². The molecular weight excluding hydrogens is 223 g/mol. The first-order valence-corrected chi connectivity index (χ1v) is 5.43. The van der Waals surface area contributed by atoms with Gasteiger partial charge in [-0.2, -0.15) is 0 Å². The van der Waals surface area contributed by atoms with Crippen molar-refractivity contribution in [2.24, 2.45) is 11.1 Å². The largest absolute Gasteiger partial charge is 0.505 e. The molecule has 1 aromatic rings. The number of halogens is 1. The van der Waals surface area contributed by atoms with E-state index in [0.29, 0.717) is 12.1 Å². The number of nitrogens with one attached hydrogen (secondary N) is 1. The molecule has 0 aliphatic heterocycles. The van der Waals surface area contributed by atoms with E-state index in [1.807, 2.05) is 6.92 Å². The fraction of sp³-hybridized carbons (Fsp3) is 0.417. The van der Waals surface area contributed by atoms with E-state index in [1.165, 1.54) is 12.1 Å². The van der Waals surface area contributed by atoms with Crippen LogP contribution in [0.3, 0.4) is 0 Å². The minimum absolute atomic E-state index is 0.218. The Hall–Kier alpha value is -1.62. The van der Waals surface area contributed by atoms with E-state index < -0.39 is 17.0 Å². The van der Waals surface area contributed by atoms with Crippen molar-refractivity contribution in [1.82, 2.24) is 0 Å². The van der Waals surface area contributed by atoms with Gasteiger partial charge in [0.05, 0.1) is 5.41 Å². The number of amides is 1. The highest BCUT2D eigenvalue weighted by Gasteiger charge is 2.29. The minimum Gasteiger partial charge on any atom is -0.505 e. The number of hydrogen-bond acceptors (Lipinski definition) is 3. The summed E-state index contributed by atoms with van der Waals surface area (Å²) in [6.07, 6.45) is 0.593. The Morgan fingerprint density at radius 3 is 2.71 bits per heavy atom. The Balaban J connectivity index is 2.84. The molecule has 1 amide bonds. The first kappa shape index (κ1) is 13.4. The Morgan fingerprint density at radius 2 is 2.24 bits per heavy atom. The number of hydrogen-bond donors (Lipinski definition) is 3. The van der Waals surface area contributed by atoms with Crippen LogP contribution in [0.25, 0.3) is 0 Å². The number of anilines is 1. The maximum atomic E-state index is 13.1. The van der Waals surface area contributed by atoms with Crippen molar-refractivity contribution in [3.05, 3.63) is 24.0 Å². The summed E-state index contributed by atoms with van der Waals surface area (Å²) in [7, 11) is 0. The standard InChI is InChI=1S/C12H17FN2O2/c1-3-12(2,7-14)11(17)15-8-4-5-10(16)9(13)6-8/h4-6,16H,3,7,14H2,1-2H3,(H,15,17). The lowest BCUT2D eigenvalue weighted by atomic mass is 9.86. The molecule has 0 aliphatic carbocycles. The van der Waals surface area contributed by atoms with Crippen molar-refractivity contribution >= 4 is 11.6 Å². The molecule has 0 saturated carbocycles. The topological polar surface area (TPSA) is 75.4 Å². The zero-order valence-corrected chi connectivity index (χ0v) is 9.96. The molecule has 1 atom stereocenters. The van der Waals surface area contributed by atoms with Gasteiger partial charge in [0.2, 0.25) is 5.91 Å². The fourth-order valence-corrected chi connectivity index (χ4v) is 1.26. The third-order valence-electron chi connectivity index (χ3n) is 2.98. The second kappa shape index (κ2) is 5.14. The average Bonchev–Trinajstić information content (AvgIpc) is 2.32. The lowest BCUT2D eigenvalue weighted by Crippen LogP contribution is -2.39. The molecule has 0 spiro atoms. The average molecular weight is 240 g/mol. The van der Waals surface area contributed by atoms with Gasteiger partial charge in [0.15, 0.2) is 11.6 Å². The molecule has 0 aromatic heterocycles. The molecule has 0 saturated heterocycles. The molecule has 1 unspecified atom stereocenters. The summed E-state index contributed by atoms with van der Waals surface area (Å²) in [5.41, 5.74) is 5.18. The van der Waals surface area contributed by atoms with Crippen LogP contribution in [-0.2, 0) is 4.79 Å². The molecule has 1 rings (SSSR count). The van der Waals surface area contributed by atoms with Gasteiger partial charge >= 0.3 is 0 Å². The summed E-state index contributed by atoms with van der Waals surface area (Å²) in [6, 6.07) is 3.69. The Kier molecular flexibility index (Phi) is 4.07. The zero-order chi connectivity index (χ0) is 13.1. The van der Waals surface area contributed by atoms with Crippen molar-refractivity contribution < 1.29 is 14.3 Å². The molecule has 0 bridgehead atoms. The van der Waals surface area contributed by atoms with Gasteiger partial charge in [0.25, 0.3) is 0 Å². The predicted molar refractivity (Wildman–Crippen MR) is 64.1 cm³/mol. The van der Waals surface area contributed by atoms with E-state index in [1.54, 1.807) is 6.92 Å². The summed E-state index contributed by atoms with van der Waals surface area (Å²) >= 11 is 0. The molecule has 0 aliphatic rings. The highest BCUT2D eigenvalue weighted by atomic mass is 19.1. The molecule has 0 heterocycles. The summed E-state index contributed by atoms with van der Waals surface area (Å²) < 4.78 is 13.1. The van der Waals surface area contributed by atoms with Gasteiger partial charge in [0, 0.05) is 18.3 Å². The summed E-state index contributed by atoms with van der Waals surface area (Å²) in [5.74, 6) is -1.47. The van der Waals surface area contributed by atoms with Crippen LogP contribution in [0, 0.1) is 11.2 Å². The molecule has 1 aromatic carbocycles. The number of nitrogens with two attached hydrogens (primary N) is 1. The van der Waals surface area contributed by atoms with Crippen LogP contribution in [0.15, 0.2) is 18.2 Å². The molecule has 5 heteroatoms. The third kappa shape index (κ3) is 2.94. The smallest absolute Gasteiger partial charge is 0.231 e. The molecule has 0 radical (unpaired) electrons. The van der Waals surface area contributed by atoms with Crippen LogP contribution < -0.4 is 11.1 Å². The number of aromatic hydroxyl groups is 1. The Labute approximate surface area is 99.6 Å². The van der Waals surface area contributed by atoms with Crippen LogP contribution in [0.4, 0.5) is 10.1 Å². The maximum absolute atomic E-state index is 13.1. The minimum atomic E-state index is -0.770. The molecular formula is C12H17FN2O2. The van der Waals surface area contributed by atoms with Crippen molar-refractivity contribution in [2.75, 3.05) is 11.9 Å². The second-order valence-corrected chi connectivity index (χ2v) is 4.24. The normalized spacial score (nSPS) is 14.1. The van der Waals surface area contributed by atoms with E-state index in [-0.39, 0.29) is 12.5 Å². The lowest BCUT2D eigenvalue weighted by molar-refractivity contribution is -0.124. The van der Waals surface area contributed by atoms with Crippen LogP contribution in [0.2, 0.25) is 0 Å². The van der Waals surface area contributed by atoms with E-state index in [4.69, 9.17) is 10.8 Å². The van der Waals surface area contributed by atoms with Gasteiger partial charge in [-0.15, -0.1) is 0 Å². The Morgan fingerprint density at radius 1 is 1.59 bits per heavy atom. The number of carbonyl (C=O) groups excluding carboxylic acids is 1. The van der Waals surface area contributed by atoms with E-state index in [9.17, 15) is 9.18 Å². The van der Waals surface area contributed by atoms with Gasteiger partial charge in [-0.05, 0) is 25.5 Å². The molecule has 94 valence electrons. The fourth-order valence-electron chi connectivity index (χ4n) is 1.26. The number of phenols is 1. The second-order valence-electron chi connectivity index (χ2n) is 4.24. The summed E-state index contributed by atoms with van der Waals surface area (Å²) in [5, 5.41) is 11.6. The van der Waals surface area contributed by atoms with E-state index in [2.05, 4.69) is 5.32 Å². The number of rotatable bonds is 4. The molecule has 4 N–H and O–H groups in total. The van der Waals surface area contributed by atoms with Crippen LogP contribution in [0.5, 0.6) is 5.75 Å². The van der Waals surface area contributed by atoms with E-state index in [0.717, 1.165) is 6.07 Å². The highest BCUT2D eigenvalue weighted by Crippen LogP contribution is 2.24. The third-order valence-corrected chi connectivity index (χ3v) is 2.98. The number of carbonyl (C=O) groups is 1. The Bertz CT molecular complexity index is 417. The van der Waals surface area contributed by atoms with Gasteiger partial charge in [-0.1, -0.05) is 6.92 Å². The summed E-state index contributed by atoms with van der Waals surface area (Å²) in [4.78, 5) is 11.9. The van der Waals surface area contributed by atoms with Crippen LogP contribution in [-0.4, -0.2) is 17.6 Å². The van der Waals surface area contributed by atoms with Crippen LogP contribution >= 0.6 is 0 Å². The van der Waals surface area contributed by atoms with E-state index >= 15 is 0 Å². The quantitative estimate of drug-likeness (QED) is 0.703. The van der Waals surface area contributed by atoms with Crippen molar-refractivity contribution in [2.45, 2.75) is 20.3 Å². The van der Waals surface area contributed by atoms with Gasteiger partial charge in [-0.3, -0.25) is 4.79 Å². The zero-order valence-electron chi connectivity index (χ0n) is 9.96. The number of benzene rings is 1. The lowest BCUT2D eigenvalue weighted by Gasteiger charge is -2.24. The van der Waals surface area contributed by atoms with Gasteiger partial charge in [0.1, 0.15) is 0 Å². The highest BCUT2D eigenvalue weighted by molar-refractivity contribution is 5.95. The molecule has 0 fully saturated rings. The first-order valence-electron chi connectivity index (χ1n) is 5.43. The van der Waals surface area contributed by atoms with Crippen molar-refractivity contribution in [3.8, 4) is 5.75 Å². The maximum Gasteiger partial charge on any atom is 0.231 e. The monoisotopic (exact) mass is 240 g/mol. The van der Waals surface area contributed by atoms with Crippen LogP contribution in [0.1, 0.15) is 20.3 Å². The predicted octanol–water partition coefficient (Wildman–Crippen LogP) is 1.84. The van der Waals surface area contributed by atoms with Gasteiger partial charge in [-0.25, -0.2) is 4.39 Å². The van der Waals surface area contributed by atoms with Crippen molar-refractivity contribution in [1.29, 1.82) is 0 Å². The molecule has 17 heavy (non-hydrogen) atoms. The SMILES string of the molecule is CCC(C)(CN)C(=O)Nc1ccc(O)c(F)c1. The number of phenolic OH excluding ortho intramolecular Hbond substituents is 1. The molecule has 4 nitrogen and oxygen atoms in total. The first-order chi connectivity index (χ1) is 7.92. The van der Waals surface area contributed by atoms with Gasteiger partial charge < -0.3 is 16.2 Å².